The minimum atomic E-state index is -0.113. The van der Waals surface area contributed by atoms with Crippen LogP contribution < -0.4 is 4.46 Å². The molecule has 0 saturated heterocycles. The number of aromatic hydroxyl groups is 1. The van der Waals surface area contributed by atoms with Gasteiger partial charge in [0.2, 0.25) is 0 Å². The van der Waals surface area contributed by atoms with Crippen LogP contribution in [-0.4, -0.2) is 20.1 Å². The van der Waals surface area contributed by atoms with Crippen molar-refractivity contribution in [3.05, 3.63) is 23.8 Å². The molecule has 0 unspecified atom stereocenters. The van der Waals surface area contributed by atoms with E-state index < -0.39 is 0 Å². The van der Waals surface area contributed by atoms with Crippen molar-refractivity contribution in [1.29, 1.82) is 5.26 Å². The molecule has 0 amide bonds. The predicted octanol–water partition coefficient (Wildman–Crippen LogP) is 0.511. The first-order chi connectivity index (χ1) is 5.24. The first-order valence-electron chi connectivity index (χ1n) is 3.09. The second-order valence-electron chi connectivity index (χ2n) is 2.14. The van der Waals surface area contributed by atoms with E-state index in [1.54, 1.807) is 12.1 Å². The van der Waals surface area contributed by atoms with Crippen LogP contribution in [0.1, 0.15) is 5.56 Å². The van der Waals surface area contributed by atoms with Gasteiger partial charge in [0.05, 0.1) is 0 Å². The van der Waals surface area contributed by atoms with Gasteiger partial charge >= 0.3 is 71.2 Å². The summed E-state index contributed by atoms with van der Waals surface area (Å²) in [6.45, 7) is 1.83. The van der Waals surface area contributed by atoms with Gasteiger partial charge in [-0.3, -0.25) is 0 Å². The quantitative estimate of drug-likeness (QED) is 0.689. The second kappa shape index (κ2) is 3.43. The molecule has 3 heteroatoms. The molecule has 0 heterocycles. The molecule has 11 heavy (non-hydrogen) atoms. The van der Waals surface area contributed by atoms with Gasteiger partial charge in [0.15, 0.2) is 0 Å². The Bertz CT molecular complexity index is 303. The van der Waals surface area contributed by atoms with Gasteiger partial charge in [0, 0.05) is 0 Å². The normalized spacial score (nSPS) is 9.09. The van der Waals surface area contributed by atoms with Crippen LogP contribution in [0, 0.1) is 17.2 Å². The number of benzene rings is 1. The van der Waals surface area contributed by atoms with Gasteiger partial charge in [0.1, 0.15) is 0 Å². The van der Waals surface area contributed by atoms with Crippen molar-refractivity contribution in [1.82, 2.24) is 0 Å². The molecule has 56 valence electrons. The molecule has 0 atom stereocenters. The van der Waals surface area contributed by atoms with Crippen LogP contribution in [0.4, 0.5) is 0 Å². The summed E-state index contributed by atoms with van der Waals surface area (Å²) in [5.41, 5.74) is 0.833. The van der Waals surface area contributed by atoms with Crippen molar-refractivity contribution in [2.24, 2.45) is 0 Å². The van der Waals surface area contributed by atoms with E-state index >= 15 is 0 Å². The molecule has 1 N–H and O–H groups in total. The minimum absolute atomic E-state index is 0.113. The third-order valence-corrected chi connectivity index (χ3v) is 2.55. The Hall–Kier alpha value is -0.971. The third kappa shape index (κ3) is 1.98. The molecule has 1 rings (SSSR count). The number of phenols is 1. The van der Waals surface area contributed by atoms with Crippen LogP contribution in [0.25, 0.3) is 0 Å². The van der Waals surface area contributed by atoms with Crippen LogP contribution in [0.2, 0.25) is 0 Å². The molecule has 0 aliphatic heterocycles. The predicted molar refractivity (Wildman–Crippen MR) is 43.8 cm³/mol. The molecule has 0 bridgehead atoms. The summed E-state index contributed by atoms with van der Waals surface area (Å²) in [5, 5.41) is 17.5. The molecule has 0 aromatic heterocycles. The van der Waals surface area contributed by atoms with Crippen LogP contribution >= 0.6 is 0 Å². The van der Waals surface area contributed by atoms with Crippen molar-refractivity contribution in [3.8, 4) is 10.7 Å². The molecule has 0 aliphatic carbocycles. The van der Waals surface area contributed by atoms with E-state index in [9.17, 15) is 0 Å². The first kappa shape index (κ1) is 8.13. The summed E-state index contributed by atoms with van der Waals surface area (Å²) in [6, 6.07) is 5.26. The van der Waals surface area contributed by atoms with E-state index in [0.29, 0.717) is 5.75 Å². The zero-order valence-electron chi connectivity index (χ0n) is 6.03. The van der Waals surface area contributed by atoms with Crippen LogP contribution in [-0.2, 0) is 0 Å². The molecule has 0 saturated carbocycles. The molecule has 0 radical (unpaired) electrons. The van der Waals surface area contributed by atoms with E-state index in [-0.39, 0.29) is 15.0 Å². The average molecular weight is 212 g/mol. The topological polar surface area (TPSA) is 44.0 Å². The van der Waals surface area contributed by atoms with Gasteiger partial charge in [-0.25, -0.2) is 0 Å². The summed E-state index contributed by atoms with van der Waals surface area (Å²) in [6.07, 6.45) is 0. The third-order valence-electron chi connectivity index (χ3n) is 1.33. The van der Waals surface area contributed by atoms with E-state index in [2.05, 4.69) is 4.97 Å². The number of aryl methyl sites for hydroxylation is 1. The summed E-state index contributed by atoms with van der Waals surface area (Å²) < 4.78 is 1.01. The van der Waals surface area contributed by atoms with Crippen molar-refractivity contribution < 1.29 is 5.11 Å². The van der Waals surface area contributed by atoms with Gasteiger partial charge in [-0.1, -0.05) is 0 Å². The van der Waals surface area contributed by atoms with E-state index in [1.807, 2.05) is 13.0 Å². The van der Waals surface area contributed by atoms with Crippen molar-refractivity contribution in [3.63, 3.8) is 0 Å². The van der Waals surface area contributed by atoms with Gasteiger partial charge in [0.25, 0.3) is 0 Å². The molecule has 0 spiro atoms. The molecular formula is C8H7NOSe. The summed E-state index contributed by atoms with van der Waals surface area (Å²) in [4.78, 5) is 2.11. The molecule has 2 nitrogen and oxygen atoms in total. The Morgan fingerprint density at radius 2 is 2.27 bits per heavy atom. The fourth-order valence-electron chi connectivity index (χ4n) is 0.744. The monoisotopic (exact) mass is 213 g/mol. The van der Waals surface area contributed by atoms with Crippen molar-refractivity contribution in [2.45, 2.75) is 6.92 Å². The standard InChI is InChI=1S/C8H7NOSe/c1-6-4-7(11-5-9)2-3-8(6)10/h2-4,10H,1H3. The Kier molecular flexibility index (Phi) is 2.53. The maximum atomic E-state index is 9.14. The number of nitriles is 1. The number of hydrogen-bond donors (Lipinski definition) is 1. The Morgan fingerprint density at radius 1 is 1.55 bits per heavy atom. The van der Waals surface area contributed by atoms with Crippen LogP contribution in [0.15, 0.2) is 18.2 Å². The van der Waals surface area contributed by atoms with Gasteiger partial charge in [-0.2, -0.15) is 0 Å². The second-order valence-corrected chi connectivity index (χ2v) is 3.94. The maximum absolute atomic E-state index is 9.14. The van der Waals surface area contributed by atoms with E-state index in [1.165, 1.54) is 0 Å². The molecular weight excluding hydrogens is 205 g/mol. The van der Waals surface area contributed by atoms with E-state index in [0.717, 1.165) is 10.0 Å². The average Bonchev–Trinajstić information content (AvgIpc) is 1.98. The molecule has 1 aromatic rings. The summed E-state index contributed by atoms with van der Waals surface area (Å²) in [5.74, 6) is 0.294. The Balaban J connectivity index is 2.98. The van der Waals surface area contributed by atoms with Crippen molar-refractivity contribution >= 4 is 19.4 Å². The van der Waals surface area contributed by atoms with E-state index in [4.69, 9.17) is 10.4 Å². The van der Waals surface area contributed by atoms with Gasteiger partial charge in [-0.05, 0) is 0 Å². The Labute approximate surface area is 71.6 Å². The number of rotatable bonds is 1. The number of nitrogens with zero attached hydrogens (tertiary/aromatic N) is 1. The SMILES string of the molecule is Cc1cc([Se]C#N)ccc1O. The first-order valence-corrected chi connectivity index (χ1v) is 4.81. The van der Waals surface area contributed by atoms with Crippen molar-refractivity contribution in [2.75, 3.05) is 0 Å². The number of hydrogen-bond acceptors (Lipinski definition) is 2. The van der Waals surface area contributed by atoms with Gasteiger partial charge < -0.3 is 0 Å². The zero-order chi connectivity index (χ0) is 8.27. The summed E-state index contributed by atoms with van der Waals surface area (Å²) in [7, 11) is 0. The fraction of sp³-hybridized carbons (Fsp3) is 0.125. The molecule has 0 aliphatic rings. The Morgan fingerprint density at radius 3 is 2.82 bits per heavy atom. The van der Waals surface area contributed by atoms with Gasteiger partial charge in [-0.15, -0.1) is 0 Å². The number of phenolic OH excluding ortho intramolecular Hbond substituents is 1. The van der Waals surface area contributed by atoms with Crippen LogP contribution in [0.3, 0.4) is 0 Å². The summed E-state index contributed by atoms with van der Waals surface area (Å²) >= 11 is -0.113. The molecule has 1 aromatic carbocycles. The van der Waals surface area contributed by atoms with Crippen LogP contribution in [0.5, 0.6) is 5.75 Å². The molecule has 0 fully saturated rings. The fourth-order valence-corrected chi connectivity index (χ4v) is 1.75. The zero-order valence-corrected chi connectivity index (χ0v) is 7.75.